The number of ether oxygens (including phenoxy) is 2. The second-order valence-corrected chi connectivity index (χ2v) is 9.36. The Morgan fingerprint density at radius 3 is 2.64 bits per heavy atom. The summed E-state index contributed by atoms with van der Waals surface area (Å²) in [6, 6.07) is 11.8. The monoisotopic (exact) mass is 501 g/mol. The summed E-state index contributed by atoms with van der Waals surface area (Å²) in [7, 11) is 3.47. The fourth-order valence-electron chi connectivity index (χ4n) is 5.65. The minimum absolute atomic E-state index is 0.0270. The van der Waals surface area contributed by atoms with Gasteiger partial charge in [-0.2, -0.15) is 13.2 Å². The van der Waals surface area contributed by atoms with Gasteiger partial charge in [-0.3, -0.25) is 0 Å². The van der Waals surface area contributed by atoms with E-state index >= 15 is 0 Å². The van der Waals surface area contributed by atoms with E-state index in [0.717, 1.165) is 36.1 Å². The van der Waals surface area contributed by atoms with Crippen molar-refractivity contribution in [1.29, 1.82) is 0 Å². The molecule has 2 heterocycles. The molecule has 3 aromatic rings. The van der Waals surface area contributed by atoms with E-state index in [4.69, 9.17) is 9.47 Å². The second-order valence-electron chi connectivity index (χ2n) is 9.36. The van der Waals surface area contributed by atoms with E-state index in [2.05, 4.69) is 21.4 Å². The Morgan fingerprint density at radius 1 is 1.19 bits per heavy atom. The molecule has 0 amide bonds. The number of nitrogens with zero attached hydrogens (tertiary/aromatic N) is 1. The Balaban J connectivity index is 1.53. The van der Waals surface area contributed by atoms with Crippen LogP contribution in [0.15, 0.2) is 54.7 Å². The van der Waals surface area contributed by atoms with Gasteiger partial charge < -0.3 is 19.8 Å². The fraction of sp³-hybridized carbons (Fsp3) is 0.370. The molecule has 1 aromatic heterocycles. The molecule has 0 bridgehead atoms. The van der Waals surface area contributed by atoms with Crippen molar-refractivity contribution >= 4 is 5.57 Å². The zero-order valence-electron chi connectivity index (χ0n) is 20.0. The summed E-state index contributed by atoms with van der Waals surface area (Å²) in [6.07, 6.45) is 0.510. The maximum atomic E-state index is 13.7. The number of hydrogen-bond acceptors (Lipinski definition) is 4. The van der Waals surface area contributed by atoms with Crippen molar-refractivity contribution < 1.29 is 27.0 Å². The largest absolute Gasteiger partial charge is 0.496 e. The molecule has 2 aromatic carbocycles. The summed E-state index contributed by atoms with van der Waals surface area (Å²) in [5.74, 6) is -0.395. The lowest BCUT2D eigenvalue weighted by molar-refractivity contribution is -0.144. The number of H-pyrrole nitrogens is 1. The first-order valence-corrected chi connectivity index (χ1v) is 11.8. The predicted octanol–water partition coefficient (Wildman–Crippen LogP) is 5.81. The van der Waals surface area contributed by atoms with Gasteiger partial charge in [-0.15, -0.1) is 0 Å². The first-order chi connectivity index (χ1) is 17.2. The molecular weight excluding hydrogens is 474 g/mol. The van der Waals surface area contributed by atoms with Crippen LogP contribution in [0.2, 0.25) is 0 Å². The summed E-state index contributed by atoms with van der Waals surface area (Å²) >= 11 is 0. The van der Waals surface area contributed by atoms with E-state index in [0.29, 0.717) is 23.8 Å². The number of nitrogens with one attached hydrogen (secondary N) is 2. The van der Waals surface area contributed by atoms with Crippen LogP contribution >= 0.6 is 0 Å². The molecule has 0 saturated heterocycles. The number of methoxy groups -OCH3 is 1. The molecule has 5 nitrogen and oxygen atoms in total. The van der Waals surface area contributed by atoms with Crippen LogP contribution in [0.25, 0.3) is 16.8 Å². The third-order valence-corrected chi connectivity index (χ3v) is 7.21. The first-order valence-electron chi connectivity index (χ1n) is 11.8. The average molecular weight is 502 g/mol. The highest BCUT2D eigenvalue weighted by Gasteiger charge is 2.51. The normalized spacial score (nSPS) is 23.9. The molecule has 3 atom stereocenters. The third kappa shape index (κ3) is 4.41. The zero-order valence-corrected chi connectivity index (χ0v) is 20.0. The predicted molar refractivity (Wildman–Crippen MR) is 128 cm³/mol. The highest BCUT2D eigenvalue weighted by Crippen LogP contribution is 2.54. The number of rotatable bonds is 6. The van der Waals surface area contributed by atoms with Crippen molar-refractivity contribution in [3.63, 3.8) is 0 Å². The first kappa shape index (κ1) is 24.5. The van der Waals surface area contributed by atoms with Crippen molar-refractivity contribution in [3.05, 3.63) is 77.5 Å². The van der Waals surface area contributed by atoms with Crippen LogP contribution in [0.1, 0.15) is 35.7 Å². The zero-order chi connectivity index (χ0) is 25.5. The van der Waals surface area contributed by atoms with Gasteiger partial charge in [0.25, 0.3) is 0 Å². The molecule has 1 saturated carbocycles. The average Bonchev–Trinajstić information content (AvgIpc) is 3.59. The van der Waals surface area contributed by atoms with Gasteiger partial charge in [0.2, 0.25) is 5.82 Å². The smallest absolute Gasteiger partial charge is 0.449 e. The standard InChI is InChI=1S/C27H27F4N3O2/c1-32-13-18-9-10-26(24(18)16-3-6-20(28)7-4-16)12-19(15-36-26)21-11-17(5-8-23(21)35-2)22-14-33-25(34-22)27(29,30)31/h3-8,11-12,14,18,24,32H,9-10,13,15H2,1-2H3,(H,33,34)/t18-,24-,26-/m1/s1. The fourth-order valence-corrected chi connectivity index (χ4v) is 5.65. The quantitative estimate of drug-likeness (QED) is 0.419. The molecule has 5 rings (SSSR count). The summed E-state index contributed by atoms with van der Waals surface area (Å²) in [5.41, 5.74) is 2.94. The van der Waals surface area contributed by atoms with Crippen LogP contribution in [0.4, 0.5) is 17.6 Å². The molecular formula is C27H27F4N3O2. The lowest BCUT2D eigenvalue weighted by atomic mass is 9.79. The van der Waals surface area contributed by atoms with Gasteiger partial charge in [0.1, 0.15) is 11.6 Å². The molecule has 1 spiro atoms. The van der Waals surface area contributed by atoms with Crippen LogP contribution in [0.3, 0.4) is 0 Å². The number of aromatic amines is 1. The minimum atomic E-state index is -4.55. The van der Waals surface area contributed by atoms with E-state index in [1.165, 1.54) is 18.3 Å². The van der Waals surface area contributed by atoms with E-state index in [-0.39, 0.29) is 17.4 Å². The number of aromatic nitrogens is 2. The van der Waals surface area contributed by atoms with E-state index < -0.39 is 17.6 Å². The molecule has 1 fully saturated rings. The minimum Gasteiger partial charge on any atom is -0.496 e. The van der Waals surface area contributed by atoms with Gasteiger partial charge in [-0.05, 0) is 79.9 Å². The van der Waals surface area contributed by atoms with Crippen molar-refractivity contribution in [1.82, 2.24) is 15.3 Å². The van der Waals surface area contributed by atoms with Crippen LogP contribution in [-0.4, -0.2) is 42.9 Å². The molecule has 2 aliphatic rings. The molecule has 9 heteroatoms. The van der Waals surface area contributed by atoms with Gasteiger partial charge in [-0.25, -0.2) is 9.37 Å². The van der Waals surface area contributed by atoms with E-state index in [1.807, 2.05) is 19.2 Å². The Labute approximate surface area is 206 Å². The van der Waals surface area contributed by atoms with Crippen LogP contribution in [0.5, 0.6) is 5.75 Å². The topological polar surface area (TPSA) is 59.2 Å². The Morgan fingerprint density at radius 2 is 1.97 bits per heavy atom. The van der Waals surface area contributed by atoms with Crippen molar-refractivity contribution in [2.45, 2.75) is 30.5 Å². The SMILES string of the molecule is CNC[C@H]1CC[C@@]2(C=C(c3cc(-c4cnc(C(F)(F)F)[nH]4)ccc3OC)CO2)[C@@H]1c1ccc(F)cc1. The molecule has 1 aliphatic carbocycles. The van der Waals surface area contributed by atoms with Crippen molar-refractivity contribution in [2.24, 2.45) is 5.92 Å². The molecule has 36 heavy (non-hydrogen) atoms. The van der Waals surface area contributed by atoms with E-state index in [9.17, 15) is 17.6 Å². The van der Waals surface area contributed by atoms with Gasteiger partial charge in [0.05, 0.1) is 31.2 Å². The van der Waals surface area contributed by atoms with Gasteiger partial charge in [0, 0.05) is 17.0 Å². The lowest BCUT2D eigenvalue weighted by Crippen LogP contribution is -2.34. The maximum absolute atomic E-state index is 13.7. The van der Waals surface area contributed by atoms with Gasteiger partial charge >= 0.3 is 6.18 Å². The van der Waals surface area contributed by atoms with Crippen LogP contribution in [-0.2, 0) is 10.9 Å². The molecule has 0 unspecified atom stereocenters. The summed E-state index contributed by atoms with van der Waals surface area (Å²) in [5, 5.41) is 3.27. The van der Waals surface area contributed by atoms with E-state index in [1.54, 1.807) is 25.3 Å². The number of benzene rings is 2. The van der Waals surface area contributed by atoms with Crippen LogP contribution in [0, 0.1) is 11.7 Å². The summed E-state index contributed by atoms with van der Waals surface area (Å²) < 4.78 is 64.9. The maximum Gasteiger partial charge on any atom is 0.449 e. The van der Waals surface area contributed by atoms with Crippen molar-refractivity contribution in [2.75, 3.05) is 27.3 Å². The highest BCUT2D eigenvalue weighted by atomic mass is 19.4. The summed E-state index contributed by atoms with van der Waals surface area (Å²) in [4.78, 5) is 5.84. The molecule has 1 aliphatic heterocycles. The highest BCUT2D eigenvalue weighted by molar-refractivity contribution is 5.78. The molecule has 2 N–H and O–H groups in total. The Kier molecular flexibility index (Phi) is 6.38. The van der Waals surface area contributed by atoms with Crippen molar-refractivity contribution in [3.8, 4) is 17.0 Å². The van der Waals surface area contributed by atoms with Gasteiger partial charge in [-0.1, -0.05) is 12.1 Å². The van der Waals surface area contributed by atoms with Crippen LogP contribution < -0.4 is 10.1 Å². The number of hydrogen-bond donors (Lipinski definition) is 2. The third-order valence-electron chi connectivity index (χ3n) is 7.21. The summed E-state index contributed by atoms with van der Waals surface area (Å²) in [6.45, 7) is 1.14. The molecule has 0 radical (unpaired) electrons. The Bertz CT molecular complexity index is 1270. The Hall–Kier alpha value is -3.17. The van der Waals surface area contributed by atoms with Gasteiger partial charge in [0.15, 0.2) is 0 Å². The lowest BCUT2D eigenvalue weighted by Gasteiger charge is -2.32. The number of alkyl halides is 3. The second kappa shape index (κ2) is 9.37. The number of imidazole rings is 1. The molecule has 190 valence electrons. The number of halogens is 4.